The van der Waals surface area contributed by atoms with Gasteiger partial charge in [-0.05, 0) is 55.4 Å². The van der Waals surface area contributed by atoms with E-state index >= 15 is 0 Å². The Balaban J connectivity index is 1.53. The average Bonchev–Trinajstić information content (AvgIpc) is 3.61. The van der Waals surface area contributed by atoms with Crippen molar-refractivity contribution in [3.05, 3.63) is 76.9 Å². The summed E-state index contributed by atoms with van der Waals surface area (Å²) in [6, 6.07) is 15.2. The van der Waals surface area contributed by atoms with Crippen LogP contribution in [-0.4, -0.2) is 52.5 Å². The van der Waals surface area contributed by atoms with Crippen LogP contribution in [0.2, 0.25) is 5.02 Å². The summed E-state index contributed by atoms with van der Waals surface area (Å²) in [5.41, 5.74) is 2.05. The number of aromatic nitrogens is 1. The number of hydrogen-bond donors (Lipinski definition) is 3. The Bertz CT molecular complexity index is 1320. The molecule has 1 fully saturated rings. The van der Waals surface area contributed by atoms with Crippen LogP contribution in [0.15, 0.2) is 65.7 Å². The molecule has 1 aliphatic heterocycles. The van der Waals surface area contributed by atoms with E-state index in [-0.39, 0.29) is 23.6 Å². The highest BCUT2D eigenvalue weighted by Crippen LogP contribution is 2.29. The fourth-order valence-electron chi connectivity index (χ4n) is 3.59. The number of halogens is 1. The van der Waals surface area contributed by atoms with Gasteiger partial charge in [-0.3, -0.25) is 15.1 Å². The molecular weight excluding hydrogens is 492 g/mol. The van der Waals surface area contributed by atoms with E-state index in [0.717, 1.165) is 5.56 Å². The van der Waals surface area contributed by atoms with E-state index in [2.05, 4.69) is 20.3 Å². The second-order valence-corrected chi connectivity index (χ2v) is 9.90. The quantitative estimate of drug-likeness (QED) is 0.354. The lowest BCUT2D eigenvalue weighted by molar-refractivity contribution is 0.0951. The van der Waals surface area contributed by atoms with Crippen LogP contribution in [0.4, 0.5) is 0 Å². The molecule has 9 nitrogen and oxygen atoms in total. The standard InChI is InChI=1S/C24H25ClN4O5S/c1-26-23-24(34-23)29-35(31,32)21-13-15(6-8-17(21)19-5-3-4-11-27-19)10-12-28-22(30)18-14-16(25)7-9-20(18)33-2/h3-9,11,13-14,23-24,26,29H,10,12H2,1-2H3,(H,28,30). The van der Waals surface area contributed by atoms with Gasteiger partial charge in [-0.15, -0.1) is 0 Å². The Morgan fingerprint density at radius 1 is 1.14 bits per heavy atom. The Kier molecular flexibility index (Phi) is 7.68. The first kappa shape index (κ1) is 25.1. The van der Waals surface area contributed by atoms with Crippen molar-refractivity contribution in [3.63, 3.8) is 0 Å². The van der Waals surface area contributed by atoms with E-state index < -0.39 is 16.3 Å². The topological polar surface area (TPSA) is 122 Å². The molecule has 0 spiro atoms. The van der Waals surface area contributed by atoms with Crippen LogP contribution >= 0.6 is 11.6 Å². The molecule has 3 aromatic rings. The number of hydrogen-bond acceptors (Lipinski definition) is 7. The summed E-state index contributed by atoms with van der Waals surface area (Å²) in [7, 11) is -0.750. The number of carbonyl (C=O) groups is 1. The van der Waals surface area contributed by atoms with Gasteiger partial charge in [0.25, 0.3) is 5.91 Å². The molecule has 2 unspecified atom stereocenters. The number of nitrogens with zero attached hydrogens (tertiary/aromatic N) is 1. The number of sulfonamides is 1. The number of rotatable bonds is 10. The van der Waals surface area contributed by atoms with Crippen LogP contribution in [0.5, 0.6) is 5.75 Å². The van der Waals surface area contributed by atoms with Crippen LogP contribution in [0.25, 0.3) is 11.3 Å². The largest absolute Gasteiger partial charge is 0.496 e. The number of benzene rings is 2. The molecule has 1 amide bonds. The molecule has 1 saturated heterocycles. The van der Waals surface area contributed by atoms with Gasteiger partial charge >= 0.3 is 0 Å². The molecule has 3 N–H and O–H groups in total. The average molecular weight is 517 g/mol. The van der Waals surface area contributed by atoms with Crippen LogP contribution in [0.3, 0.4) is 0 Å². The molecule has 2 aromatic carbocycles. The number of likely N-dealkylation sites (N-methyl/N-ethyl adjacent to an activating group) is 1. The molecule has 0 radical (unpaired) electrons. The minimum absolute atomic E-state index is 0.0851. The fraction of sp³-hybridized carbons (Fsp3) is 0.250. The molecule has 0 aliphatic carbocycles. The van der Waals surface area contributed by atoms with Crippen LogP contribution in [0, 0.1) is 0 Å². The third kappa shape index (κ3) is 5.98. The van der Waals surface area contributed by atoms with E-state index in [4.69, 9.17) is 21.1 Å². The van der Waals surface area contributed by atoms with Crippen LogP contribution < -0.4 is 20.1 Å². The predicted molar refractivity (Wildman–Crippen MR) is 132 cm³/mol. The molecular formula is C24H25ClN4O5S. The van der Waals surface area contributed by atoms with Gasteiger partial charge in [0.1, 0.15) is 5.75 Å². The van der Waals surface area contributed by atoms with Gasteiger partial charge in [-0.1, -0.05) is 29.8 Å². The highest BCUT2D eigenvalue weighted by atomic mass is 35.5. The molecule has 2 heterocycles. The van der Waals surface area contributed by atoms with Gasteiger partial charge in [-0.25, -0.2) is 8.42 Å². The number of nitrogens with one attached hydrogen (secondary N) is 3. The Labute approximate surface area is 208 Å². The molecule has 0 saturated carbocycles. The van der Waals surface area contributed by atoms with Gasteiger partial charge < -0.3 is 14.8 Å². The number of amides is 1. The zero-order chi connectivity index (χ0) is 25.0. The zero-order valence-corrected chi connectivity index (χ0v) is 20.7. The molecule has 0 bridgehead atoms. The van der Waals surface area contributed by atoms with Crippen molar-refractivity contribution < 1.29 is 22.7 Å². The van der Waals surface area contributed by atoms with Crippen molar-refractivity contribution >= 4 is 27.5 Å². The minimum atomic E-state index is -3.91. The van der Waals surface area contributed by atoms with Crippen molar-refractivity contribution in [2.75, 3.05) is 20.7 Å². The monoisotopic (exact) mass is 516 g/mol. The summed E-state index contributed by atoms with van der Waals surface area (Å²) in [4.78, 5) is 17.0. The van der Waals surface area contributed by atoms with Crippen LogP contribution in [-0.2, 0) is 21.2 Å². The lowest BCUT2D eigenvalue weighted by Crippen LogP contribution is -2.31. The third-order valence-electron chi connectivity index (χ3n) is 5.43. The molecule has 2 atom stereocenters. The predicted octanol–water partition coefficient (Wildman–Crippen LogP) is 2.56. The maximum absolute atomic E-state index is 13.2. The molecule has 35 heavy (non-hydrogen) atoms. The minimum Gasteiger partial charge on any atom is -0.496 e. The number of ether oxygens (including phenoxy) is 2. The van der Waals surface area contributed by atoms with E-state index in [1.165, 1.54) is 13.2 Å². The molecule has 4 rings (SSSR count). The SMILES string of the molecule is CNC1OC1NS(=O)(=O)c1cc(CCNC(=O)c2cc(Cl)ccc2OC)ccc1-c1ccccn1. The fourth-order valence-corrected chi connectivity index (χ4v) is 5.14. The number of carbonyl (C=O) groups excluding carboxylic acids is 1. The highest BCUT2D eigenvalue weighted by Gasteiger charge is 2.41. The normalized spacial score (nSPS) is 17.1. The van der Waals surface area contributed by atoms with Gasteiger partial charge in [0, 0.05) is 23.3 Å². The van der Waals surface area contributed by atoms with Crippen molar-refractivity contribution in [3.8, 4) is 17.0 Å². The summed E-state index contributed by atoms with van der Waals surface area (Å²) in [6.45, 7) is 0.276. The van der Waals surface area contributed by atoms with Crippen molar-refractivity contribution in [1.29, 1.82) is 0 Å². The first-order valence-corrected chi connectivity index (χ1v) is 12.7. The lowest BCUT2D eigenvalue weighted by atomic mass is 10.1. The van der Waals surface area contributed by atoms with E-state index in [9.17, 15) is 13.2 Å². The second-order valence-electron chi connectivity index (χ2n) is 7.78. The van der Waals surface area contributed by atoms with Gasteiger partial charge in [0.05, 0.1) is 23.3 Å². The Morgan fingerprint density at radius 3 is 2.66 bits per heavy atom. The number of pyridine rings is 1. The molecule has 1 aromatic heterocycles. The van der Waals surface area contributed by atoms with Crippen LogP contribution in [0.1, 0.15) is 15.9 Å². The van der Waals surface area contributed by atoms with E-state index in [1.807, 2.05) is 6.07 Å². The number of epoxide rings is 1. The molecule has 11 heteroatoms. The Hall–Kier alpha value is -3.02. The van der Waals surface area contributed by atoms with Crippen molar-refractivity contribution in [2.45, 2.75) is 23.8 Å². The van der Waals surface area contributed by atoms with Gasteiger partial charge in [0.2, 0.25) is 10.0 Å². The molecule has 1 aliphatic rings. The smallest absolute Gasteiger partial charge is 0.255 e. The summed E-state index contributed by atoms with van der Waals surface area (Å²) >= 11 is 6.02. The van der Waals surface area contributed by atoms with Gasteiger partial charge in [0.15, 0.2) is 12.5 Å². The summed E-state index contributed by atoms with van der Waals surface area (Å²) in [5, 5.41) is 6.11. The maximum Gasteiger partial charge on any atom is 0.255 e. The maximum atomic E-state index is 13.2. The Morgan fingerprint density at radius 2 is 1.97 bits per heavy atom. The highest BCUT2D eigenvalue weighted by molar-refractivity contribution is 7.89. The zero-order valence-electron chi connectivity index (χ0n) is 19.1. The van der Waals surface area contributed by atoms with Crippen molar-refractivity contribution in [2.24, 2.45) is 0 Å². The van der Waals surface area contributed by atoms with E-state index in [1.54, 1.807) is 55.7 Å². The molecule has 184 valence electrons. The summed E-state index contributed by atoms with van der Waals surface area (Å²) in [5.74, 6) is 0.0705. The third-order valence-corrected chi connectivity index (χ3v) is 7.12. The van der Waals surface area contributed by atoms with Gasteiger partial charge in [-0.2, -0.15) is 4.72 Å². The first-order valence-electron chi connectivity index (χ1n) is 10.8. The lowest BCUT2D eigenvalue weighted by Gasteiger charge is -2.13. The second kappa shape index (κ2) is 10.7. The first-order chi connectivity index (χ1) is 16.8. The number of methoxy groups -OCH3 is 1. The van der Waals surface area contributed by atoms with E-state index in [0.29, 0.717) is 34.0 Å². The van der Waals surface area contributed by atoms with Crippen molar-refractivity contribution in [1.82, 2.24) is 20.3 Å². The summed E-state index contributed by atoms with van der Waals surface area (Å²) in [6.07, 6.45) is 0.995. The summed E-state index contributed by atoms with van der Waals surface area (Å²) < 4.78 is 39.5.